The maximum absolute atomic E-state index is 13.1. The van der Waals surface area contributed by atoms with Crippen molar-refractivity contribution in [2.45, 2.75) is 26.3 Å². The minimum absolute atomic E-state index is 0.0977. The number of ether oxygens (including phenoxy) is 1. The topological polar surface area (TPSA) is 85.9 Å². The van der Waals surface area contributed by atoms with E-state index in [9.17, 15) is 14.4 Å². The fourth-order valence-corrected chi connectivity index (χ4v) is 4.66. The quantitative estimate of drug-likeness (QED) is 0.429. The number of piperidine rings is 1. The molecule has 0 aliphatic carbocycles. The van der Waals surface area contributed by atoms with E-state index in [4.69, 9.17) is 4.74 Å². The average molecular weight is 459 g/mol. The molecule has 0 saturated carbocycles. The van der Waals surface area contributed by atoms with Crippen LogP contribution in [0.15, 0.2) is 65.7 Å². The Bertz CT molecular complexity index is 1420. The van der Waals surface area contributed by atoms with E-state index in [2.05, 4.69) is 4.98 Å². The van der Waals surface area contributed by atoms with Gasteiger partial charge >= 0.3 is 5.97 Å². The van der Waals surface area contributed by atoms with Gasteiger partial charge in [0, 0.05) is 31.0 Å². The van der Waals surface area contributed by atoms with E-state index >= 15 is 0 Å². The fourth-order valence-electron chi connectivity index (χ4n) is 4.66. The second kappa shape index (κ2) is 9.13. The van der Waals surface area contributed by atoms with Crippen molar-refractivity contribution in [2.24, 2.45) is 5.92 Å². The molecule has 1 aliphatic rings. The van der Waals surface area contributed by atoms with Crippen LogP contribution in [0.4, 0.5) is 0 Å². The van der Waals surface area contributed by atoms with Gasteiger partial charge in [0.25, 0.3) is 11.5 Å². The summed E-state index contributed by atoms with van der Waals surface area (Å²) in [6.07, 6.45) is 5.05. The summed E-state index contributed by atoms with van der Waals surface area (Å²) in [6, 6.07) is 14.7. The zero-order valence-electron chi connectivity index (χ0n) is 19.0. The first-order valence-electron chi connectivity index (χ1n) is 11.6. The number of pyridine rings is 1. The Hall–Kier alpha value is -3.94. The van der Waals surface area contributed by atoms with Gasteiger partial charge in [0.15, 0.2) is 5.65 Å². The number of carbonyl (C=O) groups is 2. The van der Waals surface area contributed by atoms with Crippen LogP contribution in [-0.4, -0.2) is 50.4 Å². The van der Waals surface area contributed by atoms with E-state index in [-0.39, 0.29) is 23.4 Å². The summed E-state index contributed by atoms with van der Waals surface area (Å²) in [5.41, 5.74) is 3.39. The van der Waals surface area contributed by atoms with Crippen LogP contribution < -0.4 is 5.56 Å². The third-order valence-corrected chi connectivity index (χ3v) is 6.36. The molecule has 1 aliphatic heterocycles. The molecule has 1 aromatic carbocycles. The van der Waals surface area contributed by atoms with Crippen molar-refractivity contribution < 1.29 is 14.3 Å². The molecule has 0 spiro atoms. The monoisotopic (exact) mass is 458 g/mol. The normalized spacial score (nSPS) is 16.1. The minimum Gasteiger partial charge on any atom is -0.466 e. The Labute approximate surface area is 196 Å². The number of carbonyl (C=O) groups excluding carboxylic acids is 2. The Balaban J connectivity index is 1.37. The van der Waals surface area contributed by atoms with Crippen LogP contribution in [0.3, 0.4) is 0 Å². The van der Waals surface area contributed by atoms with E-state index in [1.54, 1.807) is 40.8 Å². The number of nitrogens with zero attached hydrogens (tertiary/aromatic N) is 4. The molecule has 34 heavy (non-hydrogen) atoms. The number of amides is 1. The summed E-state index contributed by atoms with van der Waals surface area (Å²) >= 11 is 0. The third-order valence-electron chi connectivity index (χ3n) is 6.36. The molecule has 1 fully saturated rings. The smallest absolute Gasteiger partial charge is 0.310 e. The van der Waals surface area contributed by atoms with Crippen LogP contribution in [0.5, 0.6) is 0 Å². The maximum Gasteiger partial charge on any atom is 0.310 e. The molecule has 3 aromatic heterocycles. The lowest BCUT2D eigenvalue weighted by Gasteiger charge is -2.31. The Morgan fingerprint density at radius 2 is 1.88 bits per heavy atom. The number of aromatic nitrogens is 3. The summed E-state index contributed by atoms with van der Waals surface area (Å²) in [4.78, 5) is 44.5. The lowest BCUT2D eigenvalue weighted by molar-refractivity contribution is -0.149. The van der Waals surface area contributed by atoms with Gasteiger partial charge in [-0.2, -0.15) is 0 Å². The summed E-state index contributed by atoms with van der Waals surface area (Å²) < 4.78 is 8.65. The molecule has 0 bridgehead atoms. The minimum atomic E-state index is -0.270. The lowest BCUT2D eigenvalue weighted by atomic mass is 9.97. The van der Waals surface area contributed by atoms with Gasteiger partial charge in [0.05, 0.1) is 24.6 Å². The van der Waals surface area contributed by atoms with Crippen molar-refractivity contribution in [3.8, 4) is 0 Å². The molecule has 1 saturated heterocycles. The molecule has 0 radical (unpaired) electrons. The Kier molecular flexibility index (Phi) is 5.88. The van der Waals surface area contributed by atoms with Crippen LogP contribution >= 0.6 is 0 Å². The highest BCUT2D eigenvalue weighted by Gasteiger charge is 2.29. The maximum atomic E-state index is 13.1. The first kappa shape index (κ1) is 21.9. The predicted molar refractivity (Wildman–Crippen MR) is 128 cm³/mol. The van der Waals surface area contributed by atoms with Crippen molar-refractivity contribution in [3.05, 3.63) is 82.4 Å². The van der Waals surface area contributed by atoms with Crippen LogP contribution in [0, 0.1) is 5.92 Å². The fraction of sp³-hybridized carbons (Fsp3) is 0.308. The van der Waals surface area contributed by atoms with Gasteiger partial charge in [-0.25, -0.2) is 4.98 Å². The zero-order valence-corrected chi connectivity index (χ0v) is 19.0. The molecule has 0 unspecified atom stereocenters. The number of fused-ring (bicyclic) bond motifs is 3. The molecule has 4 heterocycles. The van der Waals surface area contributed by atoms with Crippen molar-refractivity contribution in [1.82, 2.24) is 18.9 Å². The summed E-state index contributed by atoms with van der Waals surface area (Å²) in [7, 11) is 0. The van der Waals surface area contributed by atoms with Gasteiger partial charge in [-0.3, -0.25) is 19.0 Å². The first-order valence-corrected chi connectivity index (χ1v) is 11.6. The third kappa shape index (κ3) is 3.96. The van der Waals surface area contributed by atoms with E-state index in [1.165, 1.54) is 0 Å². The van der Waals surface area contributed by atoms with Gasteiger partial charge in [0.2, 0.25) is 0 Å². The van der Waals surface area contributed by atoms with Gasteiger partial charge in [-0.1, -0.05) is 12.1 Å². The van der Waals surface area contributed by atoms with Gasteiger partial charge in [0.1, 0.15) is 5.52 Å². The number of rotatable bonds is 5. The highest BCUT2D eigenvalue weighted by atomic mass is 16.5. The molecule has 4 aromatic rings. The molecule has 1 atom stereocenters. The Morgan fingerprint density at radius 1 is 1.09 bits per heavy atom. The molecular formula is C26H26N4O4. The number of esters is 1. The number of benzene rings is 1. The largest absolute Gasteiger partial charge is 0.466 e. The van der Waals surface area contributed by atoms with Crippen molar-refractivity contribution >= 4 is 28.6 Å². The zero-order chi connectivity index (χ0) is 23.7. The summed E-state index contributed by atoms with van der Waals surface area (Å²) in [5.74, 6) is -0.602. The van der Waals surface area contributed by atoms with Crippen molar-refractivity contribution in [3.63, 3.8) is 0 Å². The average Bonchev–Trinajstić information content (AvgIpc) is 3.37. The second-order valence-corrected chi connectivity index (χ2v) is 8.54. The van der Waals surface area contributed by atoms with E-state index < -0.39 is 0 Å². The molecule has 174 valence electrons. The highest BCUT2D eigenvalue weighted by molar-refractivity contribution is 5.94. The molecular weight excluding hydrogens is 432 g/mol. The van der Waals surface area contributed by atoms with E-state index in [0.29, 0.717) is 43.0 Å². The van der Waals surface area contributed by atoms with E-state index in [1.807, 2.05) is 40.9 Å². The van der Waals surface area contributed by atoms with Crippen molar-refractivity contribution in [1.29, 1.82) is 0 Å². The van der Waals surface area contributed by atoms with Crippen LogP contribution in [-0.2, 0) is 16.1 Å². The van der Waals surface area contributed by atoms with Crippen LogP contribution in [0.25, 0.3) is 16.7 Å². The number of likely N-dealkylation sites (tertiary alicyclic amines) is 1. The highest BCUT2D eigenvalue weighted by Crippen LogP contribution is 2.21. The summed E-state index contributed by atoms with van der Waals surface area (Å²) in [5, 5.41) is 0. The predicted octanol–water partition coefficient (Wildman–Crippen LogP) is 3.11. The van der Waals surface area contributed by atoms with E-state index in [0.717, 1.165) is 23.9 Å². The van der Waals surface area contributed by atoms with Crippen molar-refractivity contribution in [2.75, 3.05) is 19.7 Å². The van der Waals surface area contributed by atoms with Gasteiger partial charge < -0.3 is 14.0 Å². The van der Waals surface area contributed by atoms with Gasteiger partial charge in [-0.15, -0.1) is 0 Å². The Morgan fingerprint density at radius 3 is 2.68 bits per heavy atom. The first-order chi connectivity index (χ1) is 16.6. The van der Waals surface area contributed by atoms with Crippen LogP contribution in [0.1, 0.15) is 35.7 Å². The number of hydrogen-bond acceptors (Lipinski definition) is 5. The molecule has 5 rings (SSSR count). The summed E-state index contributed by atoms with van der Waals surface area (Å²) in [6.45, 7) is 3.48. The van der Waals surface area contributed by atoms with Gasteiger partial charge in [-0.05, 0) is 61.7 Å². The standard InChI is InChI=1S/C26H26N4O4/c1-2-34-26(33)20-6-4-14-28(17-20)24(31)19-11-9-18(10-12-19)16-30-23-21(7-3-13-27-23)29-15-5-8-22(29)25(30)32/h3,5,7-13,15,20H,2,4,6,14,16-17H2,1H3/t20-/m1/s1. The molecule has 8 heteroatoms. The second-order valence-electron chi connectivity index (χ2n) is 8.54. The SMILES string of the molecule is CCOC(=O)[C@@H]1CCCN(C(=O)c2ccc(Cn3c(=O)c4cccn4c4cccnc43)cc2)C1. The van der Waals surface area contributed by atoms with Crippen LogP contribution in [0.2, 0.25) is 0 Å². The molecule has 8 nitrogen and oxygen atoms in total. The lowest BCUT2D eigenvalue weighted by Crippen LogP contribution is -2.42. The number of hydrogen-bond donors (Lipinski definition) is 0. The molecule has 1 amide bonds. The molecule has 0 N–H and O–H groups in total.